The van der Waals surface area contributed by atoms with Crippen LogP contribution in [0.2, 0.25) is 0 Å². The van der Waals surface area contributed by atoms with Gasteiger partial charge in [0.25, 0.3) is 0 Å². The van der Waals surface area contributed by atoms with E-state index in [-0.39, 0.29) is 31.1 Å². The Morgan fingerprint density at radius 2 is 1.54 bits per heavy atom. The second-order valence-corrected chi connectivity index (χ2v) is 2.94. The van der Waals surface area contributed by atoms with E-state index in [4.69, 9.17) is 0 Å². The van der Waals surface area contributed by atoms with Crippen LogP contribution in [0.25, 0.3) is 0 Å². The Bertz CT molecular complexity index is 139. The van der Waals surface area contributed by atoms with Gasteiger partial charge >= 0.3 is 31.1 Å². The van der Waals surface area contributed by atoms with Crippen molar-refractivity contribution >= 4 is 13.4 Å². The van der Waals surface area contributed by atoms with E-state index in [0.29, 0.717) is 0 Å². The molecule has 1 aliphatic rings. The van der Waals surface area contributed by atoms with Crippen LogP contribution in [0.4, 0.5) is 0 Å². The largest absolute Gasteiger partial charge is 2.00 e. The first-order valence-electron chi connectivity index (χ1n) is 4.40. The van der Waals surface area contributed by atoms with Gasteiger partial charge in [0.2, 0.25) is 0 Å². The van der Waals surface area contributed by atoms with Crippen LogP contribution in [0.15, 0.2) is 0 Å². The van der Waals surface area contributed by atoms with Crippen molar-refractivity contribution in [3.8, 4) is 0 Å². The summed E-state index contributed by atoms with van der Waals surface area (Å²) < 4.78 is 3.89. The summed E-state index contributed by atoms with van der Waals surface area (Å²) in [6.07, 6.45) is 2.70. The molecule has 1 rings (SSSR count). The Hall–Kier alpha value is 0.392. The summed E-state index contributed by atoms with van der Waals surface area (Å²) in [7, 11) is 0. The van der Waals surface area contributed by atoms with E-state index in [1.54, 1.807) is 4.58 Å². The fraction of sp³-hybridized carbons (Fsp3) is 0.600. The molecule has 13 heavy (non-hydrogen) atoms. The molecule has 1 heterocycles. The normalized spacial score (nSPS) is 14.2. The van der Waals surface area contributed by atoms with Crippen molar-refractivity contribution in [3.63, 3.8) is 0 Å². The Kier molecular flexibility index (Phi) is 12.8. The van der Waals surface area contributed by atoms with Crippen molar-refractivity contribution in [1.82, 2.24) is 0 Å². The van der Waals surface area contributed by atoms with Gasteiger partial charge in [0.05, 0.1) is 0 Å². The predicted octanol–water partition coefficient (Wildman–Crippen LogP) is 0.861. The van der Waals surface area contributed by atoms with Crippen LogP contribution in [0, 0.1) is 45.0 Å². The van der Waals surface area contributed by atoms with E-state index < -0.39 is 0 Å². The Morgan fingerprint density at radius 1 is 1.15 bits per heavy atom. The SMILES string of the molecule is C=[N+](C[CH2-])C[CH2-].C=[N+]1CCCC1.[U+2]. The fourth-order valence-electron chi connectivity index (χ4n) is 0.894. The molecule has 0 spiro atoms. The average molecular weight is 406 g/mol. The van der Waals surface area contributed by atoms with Gasteiger partial charge in [0, 0.05) is 25.9 Å². The molecule has 1 aliphatic heterocycles. The standard InChI is InChI=1S/2C5H10N.U/c1-6-4-2-3-5-6;1-4-6(3)5-2;/h2*1-5H2;/q+1;-1;+2. The molecule has 0 unspecified atom stereocenters. The third-order valence-electron chi connectivity index (χ3n) is 1.83. The second kappa shape index (κ2) is 10.5. The zero-order chi connectivity index (χ0) is 9.40. The van der Waals surface area contributed by atoms with Crippen molar-refractivity contribution in [1.29, 1.82) is 0 Å². The summed E-state index contributed by atoms with van der Waals surface area (Å²) in [5.74, 6) is 0. The number of hydrogen-bond donors (Lipinski definition) is 0. The minimum atomic E-state index is 0. The Balaban J connectivity index is 0. The maximum absolute atomic E-state index is 3.77. The molecule has 0 atom stereocenters. The molecule has 1 fully saturated rings. The maximum atomic E-state index is 3.77. The van der Waals surface area contributed by atoms with Crippen molar-refractivity contribution in [3.05, 3.63) is 13.8 Å². The van der Waals surface area contributed by atoms with Crippen molar-refractivity contribution in [2.75, 3.05) is 26.2 Å². The van der Waals surface area contributed by atoms with Gasteiger partial charge < -0.3 is 0 Å². The first-order chi connectivity index (χ1) is 5.70. The molecule has 3 heteroatoms. The van der Waals surface area contributed by atoms with Gasteiger partial charge in [0.1, 0.15) is 26.5 Å². The van der Waals surface area contributed by atoms with E-state index in [2.05, 4.69) is 31.9 Å². The summed E-state index contributed by atoms with van der Waals surface area (Å²) in [4.78, 5) is 0. The van der Waals surface area contributed by atoms with Crippen molar-refractivity contribution < 1.29 is 40.3 Å². The molecule has 1 saturated heterocycles. The molecule has 0 N–H and O–H groups in total. The monoisotopic (exact) mass is 406 g/mol. The smallest absolute Gasteiger partial charge is 0.298 e. The molecular weight excluding hydrogens is 386 g/mol. The van der Waals surface area contributed by atoms with Crippen LogP contribution in [0.3, 0.4) is 0 Å². The first kappa shape index (κ1) is 15.8. The average Bonchev–Trinajstić information content (AvgIpc) is 2.55. The van der Waals surface area contributed by atoms with Gasteiger partial charge in [-0.3, -0.25) is 18.4 Å². The third kappa shape index (κ3) is 10.3. The molecule has 0 bridgehead atoms. The molecule has 0 aromatic heterocycles. The van der Waals surface area contributed by atoms with Gasteiger partial charge in [-0.2, -0.15) is 0 Å². The van der Waals surface area contributed by atoms with Gasteiger partial charge in [0.15, 0.2) is 0 Å². The molecule has 0 aliphatic carbocycles. The van der Waals surface area contributed by atoms with Crippen molar-refractivity contribution in [2.24, 2.45) is 0 Å². The van der Waals surface area contributed by atoms with Gasteiger partial charge in [-0.1, -0.05) is 0 Å². The van der Waals surface area contributed by atoms with Crippen molar-refractivity contribution in [2.45, 2.75) is 12.8 Å². The summed E-state index contributed by atoms with van der Waals surface area (Å²) in [6, 6.07) is 0. The number of rotatable bonds is 2. The first-order valence-corrected chi connectivity index (χ1v) is 4.40. The van der Waals surface area contributed by atoms with Crippen LogP contribution in [-0.4, -0.2) is 48.8 Å². The second-order valence-electron chi connectivity index (χ2n) is 2.94. The maximum Gasteiger partial charge on any atom is 2.00 e. The third-order valence-corrected chi connectivity index (χ3v) is 1.83. The van der Waals surface area contributed by atoms with E-state index in [9.17, 15) is 0 Å². The minimum absolute atomic E-state index is 0. The molecule has 0 saturated carbocycles. The van der Waals surface area contributed by atoms with Gasteiger partial charge in [-0.05, 0) is 0 Å². The topological polar surface area (TPSA) is 6.02 Å². The molecule has 72 valence electrons. The molecule has 0 aromatic rings. The Morgan fingerprint density at radius 3 is 1.62 bits per heavy atom. The molecule has 0 radical (unpaired) electrons. The van der Waals surface area contributed by atoms with E-state index >= 15 is 0 Å². The van der Waals surface area contributed by atoms with E-state index in [0.717, 1.165) is 13.1 Å². The Labute approximate surface area is 106 Å². The number of nitrogens with zero attached hydrogens (tertiary/aromatic N) is 2. The molecule has 0 amide bonds. The zero-order valence-corrected chi connectivity index (χ0v) is 12.6. The van der Waals surface area contributed by atoms with Gasteiger partial charge in [-0.15, -0.1) is 0 Å². The molecule has 2 nitrogen and oxygen atoms in total. The van der Waals surface area contributed by atoms with Crippen LogP contribution < -0.4 is 0 Å². The summed E-state index contributed by atoms with van der Waals surface area (Å²) in [5, 5.41) is 0. The quantitative estimate of drug-likeness (QED) is 0.365. The summed E-state index contributed by atoms with van der Waals surface area (Å²) >= 11 is 0. The van der Waals surface area contributed by atoms with Crippen LogP contribution in [-0.2, 0) is 0 Å². The van der Waals surface area contributed by atoms with Crippen LogP contribution in [0.5, 0.6) is 0 Å². The molecule has 0 aromatic carbocycles. The predicted molar refractivity (Wildman–Crippen MR) is 54.2 cm³/mol. The summed E-state index contributed by atoms with van der Waals surface area (Å²) in [5.41, 5.74) is 0. The fourth-order valence-corrected chi connectivity index (χ4v) is 0.894. The molecular formula is C10H20N2U+2. The minimum Gasteiger partial charge on any atom is -0.298 e. The summed E-state index contributed by atoms with van der Waals surface area (Å²) in [6.45, 7) is 18.4. The van der Waals surface area contributed by atoms with E-state index in [1.165, 1.54) is 25.9 Å². The van der Waals surface area contributed by atoms with E-state index in [1.807, 2.05) is 0 Å². The van der Waals surface area contributed by atoms with Gasteiger partial charge in [-0.25, -0.2) is 4.58 Å². The number of hydrogen-bond acceptors (Lipinski definition) is 0. The van der Waals surface area contributed by atoms with Crippen LogP contribution in [0.1, 0.15) is 12.8 Å². The zero-order valence-electron chi connectivity index (χ0n) is 8.47. The van der Waals surface area contributed by atoms with Crippen LogP contribution >= 0.6 is 0 Å².